The largest absolute Gasteiger partial charge is 0.0579 e. The second-order valence-electron chi connectivity index (χ2n) is 19.8. The molecule has 0 aromatic heterocycles. The molecule has 0 radical (unpaired) electrons. The van der Waals surface area contributed by atoms with Crippen molar-refractivity contribution in [2.24, 2.45) is 53.3 Å². The van der Waals surface area contributed by atoms with Gasteiger partial charge in [-0.05, 0) is 213 Å². The molecule has 216 valence electrons. The van der Waals surface area contributed by atoms with E-state index in [9.17, 15) is 0 Å². The Bertz CT molecular complexity index is 1130. The Labute approximate surface area is 245 Å². The standard InChI is InChI=1S/C40H56/c1-37(2,3)33-4-5-34(38-15-24-6-25(16-38)8-26(7-24)17-38)36(40-21-30-12-31(22-40)14-32(13-30)23-40)35(33)39-18-27-9-28(19-39)11-29(10-27)20-39/h4-5,24-32H,6-23H2,1-3H3. The summed E-state index contributed by atoms with van der Waals surface area (Å²) in [7, 11) is 0. The van der Waals surface area contributed by atoms with Crippen molar-refractivity contribution in [2.75, 3.05) is 0 Å². The third-order valence-corrected chi connectivity index (χ3v) is 15.8. The molecule has 0 amide bonds. The molecule has 1 aromatic carbocycles. The maximum Gasteiger partial charge on any atom is -0.00331 e. The first-order valence-electron chi connectivity index (χ1n) is 18.4. The van der Waals surface area contributed by atoms with Crippen LogP contribution in [0, 0.1) is 53.3 Å². The Morgan fingerprint density at radius 3 is 1.05 bits per heavy atom. The third-order valence-electron chi connectivity index (χ3n) is 15.8. The van der Waals surface area contributed by atoms with E-state index in [0.29, 0.717) is 16.2 Å². The quantitative estimate of drug-likeness (QED) is 0.360. The van der Waals surface area contributed by atoms with Crippen LogP contribution < -0.4 is 0 Å². The van der Waals surface area contributed by atoms with Gasteiger partial charge >= 0.3 is 0 Å². The summed E-state index contributed by atoms with van der Waals surface area (Å²) in [5, 5.41) is 0. The molecule has 0 atom stereocenters. The summed E-state index contributed by atoms with van der Waals surface area (Å²) >= 11 is 0. The van der Waals surface area contributed by atoms with Crippen molar-refractivity contribution >= 4 is 0 Å². The Morgan fingerprint density at radius 1 is 0.425 bits per heavy atom. The van der Waals surface area contributed by atoms with Crippen molar-refractivity contribution < 1.29 is 0 Å². The fraction of sp³-hybridized carbons (Fsp3) is 0.850. The molecule has 12 saturated carbocycles. The van der Waals surface area contributed by atoms with Gasteiger partial charge in [0, 0.05) is 0 Å². The van der Waals surface area contributed by atoms with E-state index in [-0.39, 0.29) is 5.41 Å². The highest BCUT2D eigenvalue weighted by Crippen LogP contribution is 2.69. The molecule has 0 unspecified atom stereocenters. The number of benzene rings is 1. The molecule has 12 aliphatic rings. The summed E-state index contributed by atoms with van der Waals surface area (Å²) in [6, 6.07) is 5.64. The maximum absolute atomic E-state index is 2.85. The van der Waals surface area contributed by atoms with E-state index in [0.717, 1.165) is 53.3 Å². The second kappa shape index (κ2) is 7.83. The molecule has 0 spiro atoms. The van der Waals surface area contributed by atoms with Gasteiger partial charge in [-0.3, -0.25) is 0 Å². The molecule has 0 heterocycles. The Hall–Kier alpha value is -0.780. The fourth-order valence-electron chi connectivity index (χ4n) is 16.0. The van der Waals surface area contributed by atoms with Gasteiger partial charge in [0.05, 0.1) is 0 Å². The van der Waals surface area contributed by atoms with E-state index in [1.54, 1.807) is 116 Å². The van der Waals surface area contributed by atoms with E-state index < -0.39 is 0 Å². The Balaban J connectivity index is 1.26. The topological polar surface area (TPSA) is 0 Å². The molecule has 0 heteroatoms. The summed E-state index contributed by atoms with van der Waals surface area (Å²) < 4.78 is 0. The lowest BCUT2D eigenvalue weighted by atomic mass is 9.41. The molecule has 12 aliphatic carbocycles. The van der Waals surface area contributed by atoms with Gasteiger partial charge in [0.2, 0.25) is 0 Å². The van der Waals surface area contributed by atoms with Gasteiger partial charge in [0.25, 0.3) is 0 Å². The van der Waals surface area contributed by atoms with Gasteiger partial charge < -0.3 is 0 Å². The minimum Gasteiger partial charge on any atom is -0.0579 e. The molecule has 0 saturated heterocycles. The van der Waals surface area contributed by atoms with Gasteiger partial charge in [0.15, 0.2) is 0 Å². The first-order chi connectivity index (χ1) is 19.2. The van der Waals surface area contributed by atoms with Crippen molar-refractivity contribution in [3.05, 3.63) is 34.4 Å². The monoisotopic (exact) mass is 536 g/mol. The predicted molar refractivity (Wildman–Crippen MR) is 165 cm³/mol. The lowest BCUT2D eigenvalue weighted by Gasteiger charge is -2.64. The summed E-state index contributed by atoms with van der Waals surface area (Å²) in [4.78, 5) is 0. The zero-order valence-corrected chi connectivity index (χ0v) is 26.1. The Kier molecular flexibility index (Phi) is 4.82. The number of rotatable bonds is 3. The average molecular weight is 537 g/mol. The molecule has 13 rings (SSSR count). The molecule has 12 fully saturated rings. The smallest absolute Gasteiger partial charge is 0.00331 e. The van der Waals surface area contributed by atoms with E-state index >= 15 is 0 Å². The van der Waals surface area contributed by atoms with Gasteiger partial charge in [-0.2, -0.15) is 0 Å². The summed E-state index contributed by atoms with van der Waals surface area (Å²) in [6.45, 7) is 7.75. The zero-order chi connectivity index (χ0) is 26.6. The maximum atomic E-state index is 2.85. The molecular formula is C40H56. The molecule has 12 bridgehead atoms. The minimum atomic E-state index is 0.246. The first kappa shape index (κ1) is 24.6. The van der Waals surface area contributed by atoms with Crippen molar-refractivity contribution in [1.82, 2.24) is 0 Å². The van der Waals surface area contributed by atoms with Crippen LogP contribution in [-0.2, 0) is 21.7 Å². The van der Waals surface area contributed by atoms with E-state index in [1.807, 2.05) is 11.1 Å². The molecule has 0 N–H and O–H groups in total. The van der Waals surface area contributed by atoms with Crippen LogP contribution in [0.4, 0.5) is 0 Å². The second-order valence-corrected chi connectivity index (χ2v) is 19.8. The highest BCUT2D eigenvalue weighted by Gasteiger charge is 2.60. The van der Waals surface area contributed by atoms with E-state index in [2.05, 4.69) is 44.0 Å². The van der Waals surface area contributed by atoms with Crippen LogP contribution in [0.1, 0.15) is 159 Å². The van der Waals surface area contributed by atoms with Crippen LogP contribution in [0.15, 0.2) is 12.1 Å². The lowest BCUT2D eigenvalue weighted by molar-refractivity contribution is -0.0248. The highest BCUT2D eigenvalue weighted by atomic mass is 14.6. The van der Waals surface area contributed by atoms with Crippen LogP contribution >= 0.6 is 0 Å². The molecule has 40 heavy (non-hydrogen) atoms. The number of hydrogen-bond acceptors (Lipinski definition) is 0. The molecule has 0 nitrogen and oxygen atoms in total. The molecule has 1 aromatic rings. The van der Waals surface area contributed by atoms with Crippen LogP contribution in [-0.4, -0.2) is 0 Å². The van der Waals surface area contributed by atoms with Crippen LogP contribution in [0.5, 0.6) is 0 Å². The normalized spacial score (nSPS) is 53.1. The summed E-state index contributed by atoms with van der Waals surface area (Å²) in [5.74, 6) is 9.35. The fourth-order valence-corrected chi connectivity index (χ4v) is 16.0. The van der Waals surface area contributed by atoms with E-state index in [4.69, 9.17) is 0 Å². The van der Waals surface area contributed by atoms with Gasteiger partial charge in [-0.15, -0.1) is 0 Å². The summed E-state index contributed by atoms with van der Waals surface area (Å²) in [6.07, 6.45) is 28.2. The van der Waals surface area contributed by atoms with Gasteiger partial charge in [-0.1, -0.05) is 32.9 Å². The van der Waals surface area contributed by atoms with Crippen molar-refractivity contribution in [3.63, 3.8) is 0 Å². The Morgan fingerprint density at radius 2 is 0.725 bits per heavy atom. The molecule has 0 aliphatic heterocycles. The highest BCUT2D eigenvalue weighted by molar-refractivity contribution is 5.56. The SMILES string of the molecule is CC(C)(C)c1ccc(C23CC4CC(CC(C4)C2)C3)c(C23CC4CC(CC(C4)C2)C3)c1C12CC3CC(CC(C3)C1)C2. The number of hydrogen-bond donors (Lipinski definition) is 0. The zero-order valence-electron chi connectivity index (χ0n) is 26.1. The van der Waals surface area contributed by atoms with Gasteiger partial charge in [-0.25, -0.2) is 0 Å². The first-order valence-corrected chi connectivity index (χ1v) is 18.4. The third kappa shape index (κ3) is 3.32. The predicted octanol–water partition coefficient (Wildman–Crippen LogP) is 10.4. The van der Waals surface area contributed by atoms with E-state index in [1.165, 1.54) is 0 Å². The van der Waals surface area contributed by atoms with Crippen LogP contribution in [0.3, 0.4) is 0 Å². The van der Waals surface area contributed by atoms with Crippen LogP contribution in [0.2, 0.25) is 0 Å². The van der Waals surface area contributed by atoms with Gasteiger partial charge in [0.1, 0.15) is 0 Å². The van der Waals surface area contributed by atoms with Crippen molar-refractivity contribution in [2.45, 2.75) is 158 Å². The molecular weight excluding hydrogens is 480 g/mol. The average Bonchev–Trinajstić information content (AvgIpc) is 2.85. The van der Waals surface area contributed by atoms with Crippen LogP contribution in [0.25, 0.3) is 0 Å². The van der Waals surface area contributed by atoms with Crippen molar-refractivity contribution in [3.8, 4) is 0 Å². The lowest BCUT2D eigenvalue weighted by Crippen LogP contribution is -2.55. The van der Waals surface area contributed by atoms with Crippen molar-refractivity contribution in [1.29, 1.82) is 0 Å². The minimum absolute atomic E-state index is 0.246. The summed E-state index contributed by atoms with van der Waals surface area (Å²) in [5.41, 5.74) is 9.76.